The maximum absolute atomic E-state index is 13.0. The fourth-order valence-corrected chi connectivity index (χ4v) is 10.0. The van der Waals surface area contributed by atoms with Crippen molar-refractivity contribution in [2.75, 3.05) is 13.2 Å². The van der Waals surface area contributed by atoms with E-state index < -0.39 is 6.10 Å². The minimum atomic E-state index is -0.787. The largest absolute Gasteiger partial charge is 0.462 e. The summed E-state index contributed by atoms with van der Waals surface area (Å²) in [5.74, 6) is -0.881. The van der Waals surface area contributed by atoms with Crippen LogP contribution in [0.2, 0.25) is 0 Å². The molecule has 0 saturated carbocycles. The van der Waals surface area contributed by atoms with Crippen molar-refractivity contribution in [3.63, 3.8) is 0 Å². The van der Waals surface area contributed by atoms with Crippen LogP contribution in [0, 0.1) is 0 Å². The number of rotatable bonds is 64. The van der Waals surface area contributed by atoms with Crippen LogP contribution in [0.15, 0.2) is 97.2 Å². The molecule has 1 atom stereocenters. The van der Waals surface area contributed by atoms with Crippen LogP contribution in [0.4, 0.5) is 0 Å². The number of carbonyl (C=O) groups excluding carboxylic acids is 3. The molecule has 0 aromatic carbocycles. The predicted molar refractivity (Wildman–Crippen MR) is 357 cm³/mol. The van der Waals surface area contributed by atoms with E-state index in [0.29, 0.717) is 19.3 Å². The lowest BCUT2D eigenvalue weighted by Gasteiger charge is -2.18. The van der Waals surface area contributed by atoms with Gasteiger partial charge < -0.3 is 14.2 Å². The Morgan fingerprint density at radius 2 is 0.476 bits per heavy atom. The average Bonchev–Trinajstić information content (AvgIpc) is 3.47. The van der Waals surface area contributed by atoms with Gasteiger partial charge in [-0.15, -0.1) is 0 Å². The summed E-state index contributed by atoms with van der Waals surface area (Å²) < 4.78 is 17.0. The summed E-state index contributed by atoms with van der Waals surface area (Å²) in [6.07, 6.45) is 94.2. The minimum Gasteiger partial charge on any atom is -0.462 e. The van der Waals surface area contributed by atoms with E-state index in [1.807, 2.05) is 0 Å². The van der Waals surface area contributed by atoms with Gasteiger partial charge in [0.25, 0.3) is 0 Å². The van der Waals surface area contributed by atoms with Crippen LogP contribution in [-0.2, 0) is 28.6 Å². The zero-order valence-corrected chi connectivity index (χ0v) is 54.2. The molecule has 0 fully saturated rings. The van der Waals surface area contributed by atoms with E-state index >= 15 is 0 Å². The highest BCUT2D eigenvalue weighted by Gasteiger charge is 2.19. The van der Waals surface area contributed by atoms with Gasteiger partial charge in [-0.2, -0.15) is 0 Å². The standard InChI is InChI=1S/C76H132O6/c1-4-7-10-13-16-19-22-25-28-31-33-35-36-37-38-39-40-42-43-45-48-51-54-57-60-63-66-69-75(78)81-72-73(71-80-74(77)68-65-62-59-56-53-50-47-30-27-24-21-18-15-12-9-6-3)82-76(79)70-67-64-61-58-55-52-49-46-44-41-34-32-29-26-23-20-17-14-11-8-5-2/h7,10,16,19,23,25-26,28,30,32-35,37-38,47,73H,4-6,8-9,11-15,17-18,20-22,24,27,29,31,36,39-46,48-72H2,1-3H3/b10-7-,19-16-,26-23-,28-25-,34-32-,35-33-,38-37-,47-30-. The van der Waals surface area contributed by atoms with Crippen LogP contribution in [0.3, 0.4) is 0 Å². The fraction of sp³-hybridized carbons (Fsp3) is 0.750. The van der Waals surface area contributed by atoms with E-state index in [0.717, 1.165) is 103 Å². The zero-order chi connectivity index (χ0) is 59.2. The zero-order valence-electron chi connectivity index (χ0n) is 54.2. The van der Waals surface area contributed by atoms with Gasteiger partial charge in [0.05, 0.1) is 0 Å². The van der Waals surface area contributed by atoms with Gasteiger partial charge in [0.15, 0.2) is 6.10 Å². The van der Waals surface area contributed by atoms with Crippen LogP contribution in [-0.4, -0.2) is 37.2 Å². The second-order valence-electron chi connectivity index (χ2n) is 23.4. The van der Waals surface area contributed by atoms with Gasteiger partial charge in [0.2, 0.25) is 0 Å². The summed E-state index contributed by atoms with van der Waals surface area (Å²) in [5.41, 5.74) is 0. The van der Waals surface area contributed by atoms with Crippen molar-refractivity contribution in [2.45, 2.75) is 354 Å². The molecule has 1 unspecified atom stereocenters. The van der Waals surface area contributed by atoms with E-state index in [4.69, 9.17) is 14.2 Å². The summed E-state index contributed by atoms with van der Waals surface area (Å²) in [6, 6.07) is 0. The molecular weight excluding hydrogens is 1010 g/mol. The molecule has 82 heavy (non-hydrogen) atoms. The SMILES string of the molecule is CC/C=C\C/C=C\C/C=C\C/C=C\C/C=C\CCCCCCCCCCCCCC(=O)OCC(COC(=O)CCCCCCC/C=C\CCCCCCCCC)OC(=O)CCCCCCCCCCC/C=C\C/C=C\CCCCCCC. The van der Waals surface area contributed by atoms with E-state index in [9.17, 15) is 14.4 Å². The maximum Gasteiger partial charge on any atom is 0.306 e. The molecule has 0 rings (SSSR count). The molecule has 0 spiro atoms. The third-order valence-corrected chi connectivity index (χ3v) is 15.3. The Morgan fingerprint density at radius 1 is 0.256 bits per heavy atom. The number of hydrogen-bond donors (Lipinski definition) is 0. The number of ether oxygens (including phenoxy) is 3. The third kappa shape index (κ3) is 67.1. The first-order valence-corrected chi connectivity index (χ1v) is 35.2. The van der Waals surface area contributed by atoms with Crippen molar-refractivity contribution < 1.29 is 28.6 Å². The molecule has 0 N–H and O–H groups in total. The van der Waals surface area contributed by atoms with Crippen molar-refractivity contribution in [1.82, 2.24) is 0 Å². The predicted octanol–water partition coefficient (Wildman–Crippen LogP) is 24.4. The normalized spacial score (nSPS) is 12.7. The molecule has 0 aliphatic rings. The number of hydrogen-bond acceptors (Lipinski definition) is 6. The first-order valence-electron chi connectivity index (χ1n) is 35.2. The molecule has 6 heteroatoms. The first-order chi connectivity index (χ1) is 40.5. The Morgan fingerprint density at radius 3 is 0.756 bits per heavy atom. The molecule has 0 amide bonds. The second-order valence-corrected chi connectivity index (χ2v) is 23.4. The van der Waals surface area contributed by atoms with Crippen molar-refractivity contribution in [3.05, 3.63) is 97.2 Å². The highest BCUT2D eigenvalue weighted by molar-refractivity contribution is 5.71. The van der Waals surface area contributed by atoms with E-state index in [1.165, 1.54) is 205 Å². The molecule has 0 aromatic rings. The Labute approximate surface area is 508 Å². The van der Waals surface area contributed by atoms with Gasteiger partial charge >= 0.3 is 17.9 Å². The summed E-state index contributed by atoms with van der Waals surface area (Å²) >= 11 is 0. The van der Waals surface area contributed by atoms with Crippen molar-refractivity contribution in [3.8, 4) is 0 Å². The smallest absolute Gasteiger partial charge is 0.306 e. The fourth-order valence-electron chi connectivity index (χ4n) is 10.0. The molecule has 0 saturated heterocycles. The molecule has 0 bridgehead atoms. The Balaban J connectivity index is 4.35. The topological polar surface area (TPSA) is 78.9 Å². The molecule has 0 aliphatic heterocycles. The molecular formula is C76H132O6. The summed E-state index contributed by atoms with van der Waals surface area (Å²) in [6.45, 7) is 6.54. The lowest BCUT2D eigenvalue weighted by atomic mass is 10.0. The van der Waals surface area contributed by atoms with Crippen LogP contribution in [0.5, 0.6) is 0 Å². The Bertz CT molecular complexity index is 1590. The van der Waals surface area contributed by atoms with Gasteiger partial charge in [0, 0.05) is 19.3 Å². The van der Waals surface area contributed by atoms with E-state index in [1.54, 1.807) is 0 Å². The minimum absolute atomic E-state index is 0.0817. The quantitative estimate of drug-likeness (QED) is 0.0261. The van der Waals surface area contributed by atoms with Crippen molar-refractivity contribution >= 4 is 17.9 Å². The highest BCUT2D eigenvalue weighted by Crippen LogP contribution is 2.17. The van der Waals surface area contributed by atoms with Crippen molar-refractivity contribution in [1.29, 1.82) is 0 Å². The maximum atomic E-state index is 13.0. The molecule has 0 radical (unpaired) electrons. The Hall–Kier alpha value is -3.67. The first kappa shape index (κ1) is 78.3. The van der Waals surface area contributed by atoms with E-state index in [-0.39, 0.29) is 31.1 Å². The summed E-state index contributed by atoms with van der Waals surface area (Å²) in [4.78, 5) is 38.5. The molecule has 472 valence electrons. The molecule has 0 heterocycles. The monoisotopic (exact) mass is 1140 g/mol. The number of esters is 3. The lowest BCUT2D eigenvalue weighted by molar-refractivity contribution is -0.167. The Kier molecular flexibility index (Phi) is 66.7. The van der Waals surface area contributed by atoms with Gasteiger partial charge in [-0.25, -0.2) is 0 Å². The second kappa shape index (κ2) is 69.8. The van der Waals surface area contributed by atoms with Crippen molar-refractivity contribution in [2.24, 2.45) is 0 Å². The van der Waals surface area contributed by atoms with E-state index in [2.05, 4.69) is 118 Å². The number of unbranched alkanes of at least 4 members (excludes halogenated alkanes) is 37. The van der Waals surface area contributed by atoms with Gasteiger partial charge in [-0.05, 0) is 122 Å². The van der Waals surface area contributed by atoms with Gasteiger partial charge in [0.1, 0.15) is 13.2 Å². The van der Waals surface area contributed by atoms with Crippen LogP contribution < -0.4 is 0 Å². The average molecular weight is 1140 g/mol. The molecule has 0 aromatic heterocycles. The third-order valence-electron chi connectivity index (χ3n) is 15.3. The lowest BCUT2D eigenvalue weighted by Crippen LogP contribution is -2.30. The van der Waals surface area contributed by atoms with Gasteiger partial charge in [-0.3, -0.25) is 14.4 Å². The van der Waals surface area contributed by atoms with Crippen LogP contribution >= 0.6 is 0 Å². The summed E-state index contributed by atoms with van der Waals surface area (Å²) in [7, 11) is 0. The summed E-state index contributed by atoms with van der Waals surface area (Å²) in [5, 5.41) is 0. The molecule has 0 aliphatic carbocycles. The van der Waals surface area contributed by atoms with Crippen LogP contribution in [0.1, 0.15) is 348 Å². The van der Waals surface area contributed by atoms with Crippen LogP contribution in [0.25, 0.3) is 0 Å². The number of carbonyl (C=O) groups is 3. The number of allylic oxidation sites excluding steroid dienone is 16. The van der Waals surface area contributed by atoms with Gasteiger partial charge in [-0.1, -0.05) is 304 Å². The highest BCUT2D eigenvalue weighted by atomic mass is 16.6. The molecule has 6 nitrogen and oxygen atoms in total.